The maximum absolute atomic E-state index is 12.5. The molecule has 7 nitrogen and oxygen atoms in total. The molecule has 0 saturated heterocycles. The van der Waals surface area contributed by atoms with Gasteiger partial charge in [-0.15, -0.1) is 0 Å². The summed E-state index contributed by atoms with van der Waals surface area (Å²) in [6, 6.07) is 0. The zero-order chi connectivity index (χ0) is 16.3. The molecule has 0 unspecified atom stereocenters. The highest BCUT2D eigenvalue weighted by atomic mass is 16.5. The highest BCUT2D eigenvalue weighted by Gasteiger charge is 2.23. The van der Waals surface area contributed by atoms with Crippen LogP contribution in [-0.4, -0.2) is 35.8 Å². The van der Waals surface area contributed by atoms with E-state index in [2.05, 4.69) is 23.4 Å². The van der Waals surface area contributed by atoms with Crippen LogP contribution < -0.4 is 11.2 Å². The van der Waals surface area contributed by atoms with Crippen molar-refractivity contribution in [3.63, 3.8) is 0 Å². The van der Waals surface area contributed by atoms with Crippen molar-refractivity contribution in [2.75, 3.05) is 7.11 Å². The molecule has 1 saturated carbocycles. The predicted molar refractivity (Wildman–Crippen MR) is 87.1 cm³/mol. The van der Waals surface area contributed by atoms with Crippen LogP contribution in [0.5, 0.6) is 0 Å². The van der Waals surface area contributed by atoms with Gasteiger partial charge < -0.3 is 4.74 Å². The van der Waals surface area contributed by atoms with Gasteiger partial charge in [0.05, 0.1) is 6.10 Å². The third kappa shape index (κ3) is 2.94. The fourth-order valence-corrected chi connectivity index (χ4v) is 3.03. The molecule has 0 aromatic carbocycles. The fourth-order valence-electron chi connectivity index (χ4n) is 3.03. The average molecular weight is 306 g/mol. The molecule has 1 aromatic heterocycles. The van der Waals surface area contributed by atoms with Gasteiger partial charge in [-0.3, -0.25) is 18.9 Å². The highest BCUT2D eigenvalue weighted by Crippen LogP contribution is 2.27. The summed E-state index contributed by atoms with van der Waals surface area (Å²) in [5.74, 6) is 0.446. The van der Waals surface area contributed by atoms with Crippen molar-refractivity contribution in [3.8, 4) is 0 Å². The topological polar surface area (TPSA) is 77.9 Å². The summed E-state index contributed by atoms with van der Waals surface area (Å²) >= 11 is 0. The molecule has 1 aromatic rings. The lowest BCUT2D eigenvalue weighted by atomic mass is 9.87. The summed E-state index contributed by atoms with van der Waals surface area (Å²) < 4.78 is 7.87. The minimum atomic E-state index is -0.450. The van der Waals surface area contributed by atoms with E-state index in [4.69, 9.17) is 4.74 Å². The second-order valence-electron chi connectivity index (χ2n) is 5.62. The lowest BCUT2D eigenvalue weighted by Gasteiger charge is -2.27. The van der Waals surface area contributed by atoms with Crippen LogP contribution in [0.25, 0.3) is 0 Å². The molecule has 7 heteroatoms. The maximum Gasteiger partial charge on any atom is 0.332 e. The lowest BCUT2D eigenvalue weighted by molar-refractivity contribution is 0.0538. The molecule has 0 atom stereocenters. The van der Waals surface area contributed by atoms with E-state index in [0.717, 1.165) is 25.7 Å². The second-order valence-corrected chi connectivity index (χ2v) is 5.62. The van der Waals surface area contributed by atoms with Gasteiger partial charge in [0.2, 0.25) is 0 Å². The molecule has 1 fully saturated rings. The fraction of sp³-hybridized carbons (Fsp3) is 0.600. The third-order valence-electron chi connectivity index (χ3n) is 4.37. The third-order valence-corrected chi connectivity index (χ3v) is 4.37. The molecule has 0 radical (unpaired) electrons. The van der Waals surface area contributed by atoms with Crippen molar-refractivity contribution in [1.82, 2.24) is 9.13 Å². The van der Waals surface area contributed by atoms with Gasteiger partial charge in [-0.25, -0.2) is 9.79 Å². The maximum atomic E-state index is 12.5. The van der Waals surface area contributed by atoms with Gasteiger partial charge in [0.25, 0.3) is 5.56 Å². The van der Waals surface area contributed by atoms with E-state index in [0.29, 0.717) is 6.54 Å². The van der Waals surface area contributed by atoms with Crippen LogP contribution in [0, 0.1) is 5.92 Å². The number of methoxy groups -OCH3 is 1. The number of ether oxygens (including phenoxy) is 1. The van der Waals surface area contributed by atoms with Crippen LogP contribution in [0.2, 0.25) is 0 Å². The van der Waals surface area contributed by atoms with Crippen LogP contribution >= 0.6 is 0 Å². The first kappa shape index (κ1) is 16.4. The van der Waals surface area contributed by atoms with Gasteiger partial charge in [0.1, 0.15) is 0 Å². The SMILES string of the molecule is C=Nc1c(N=C)n(C)c(=O)n(CC2CCC(OC)CC2)c1=O. The standard InChI is InChI=1S/C15H22N4O3/c1-16-12-13(17-2)18(3)15(21)19(14(12)20)9-10-5-7-11(22-4)8-6-10/h10-11H,1-2,5-9H2,3-4H3. The van der Waals surface area contributed by atoms with E-state index in [1.807, 2.05) is 0 Å². The van der Waals surface area contributed by atoms with Gasteiger partial charge in [0, 0.05) is 20.7 Å². The lowest BCUT2D eigenvalue weighted by Crippen LogP contribution is -2.41. The number of rotatable bonds is 5. The zero-order valence-corrected chi connectivity index (χ0v) is 13.1. The minimum absolute atomic E-state index is 0.0719. The molecular formula is C15H22N4O3. The van der Waals surface area contributed by atoms with Crippen LogP contribution in [0.1, 0.15) is 25.7 Å². The van der Waals surface area contributed by atoms with E-state index in [9.17, 15) is 9.59 Å². The quantitative estimate of drug-likeness (QED) is 0.772. The Morgan fingerprint density at radius 3 is 2.32 bits per heavy atom. The molecule has 0 N–H and O–H groups in total. The number of hydrogen-bond acceptors (Lipinski definition) is 5. The molecule has 1 aliphatic carbocycles. The van der Waals surface area contributed by atoms with Gasteiger partial charge in [0.15, 0.2) is 11.5 Å². The van der Waals surface area contributed by atoms with Crippen LogP contribution in [0.15, 0.2) is 19.6 Å². The normalized spacial score (nSPS) is 21.5. The van der Waals surface area contributed by atoms with Crippen molar-refractivity contribution in [2.24, 2.45) is 23.0 Å². The molecule has 22 heavy (non-hydrogen) atoms. The minimum Gasteiger partial charge on any atom is -0.381 e. The highest BCUT2D eigenvalue weighted by molar-refractivity contribution is 5.61. The summed E-state index contributed by atoms with van der Waals surface area (Å²) in [6.45, 7) is 7.17. The summed E-state index contributed by atoms with van der Waals surface area (Å²) in [7, 11) is 3.27. The smallest absolute Gasteiger partial charge is 0.332 e. The van der Waals surface area contributed by atoms with E-state index in [-0.39, 0.29) is 23.5 Å². The van der Waals surface area contributed by atoms with Crippen molar-refractivity contribution in [1.29, 1.82) is 0 Å². The second kappa shape index (κ2) is 6.83. The summed E-state index contributed by atoms with van der Waals surface area (Å²) in [6.07, 6.45) is 4.07. The Kier molecular flexibility index (Phi) is 5.07. The molecule has 0 amide bonds. The van der Waals surface area contributed by atoms with Crippen molar-refractivity contribution in [2.45, 2.75) is 38.3 Å². The molecule has 120 valence electrons. The van der Waals surface area contributed by atoms with Crippen molar-refractivity contribution < 1.29 is 4.74 Å². The average Bonchev–Trinajstić information content (AvgIpc) is 2.55. The van der Waals surface area contributed by atoms with Crippen LogP contribution in [-0.2, 0) is 18.3 Å². The molecule has 1 heterocycles. The Labute approximate surface area is 129 Å². The molecule has 2 rings (SSSR count). The first-order chi connectivity index (χ1) is 10.5. The van der Waals surface area contributed by atoms with E-state index in [1.54, 1.807) is 14.2 Å². The largest absolute Gasteiger partial charge is 0.381 e. The molecular weight excluding hydrogens is 284 g/mol. The molecule has 0 spiro atoms. The van der Waals surface area contributed by atoms with Gasteiger partial charge in [-0.05, 0) is 45.0 Å². The number of aromatic nitrogens is 2. The van der Waals surface area contributed by atoms with Gasteiger partial charge >= 0.3 is 5.69 Å². The Morgan fingerprint density at radius 2 is 1.82 bits per heavy atom. The van der Waals surface area contributed by atoms with Crippen LogP contribution in [0.4, 0.5) is 11.5 Å². The van der Waals surface area contributed by atoms with Gasteiger partial charge in [-0.2, -0.15) is 0 Å². The van der Waals surface area contributed by atoms with E-state index < -0.39 is 11.2 Å². The predicted octanol–water partition coefficient (Wildman–Crippen LogP) is 1.42. The first-order valence-electron chi connectivity index (χ1n) is 7.33. The number of nitrogens with zero attached hydrogens (tertiary/aromatic N) is 4. The monoisotopic (exact) mass is 306 g/mol. The van der Waals surface area contributed by atoms with Gasteiger partial charge in [-0.1, -0.05) is 0 Å². The molecule has 0 aliphatic heterocycles. The summed E-state index contributed by atoms with van der Waals surface area (Å²) in [4.78, 5) is 32.3. The van der Waals surface area contributed by atoms with Crippen LogP contribution in [0.3, 0.4) is 0 Å². The number of hydrogen-bond donors (Lipinski definition) is 0. The van der Waals surface area contributed by atoms with Crippen molar-refractivity contribution in [3.05, 3.63) is 20.8 Å². The Balaban J connectivity index is 2.34. The van der Waals surface area contributed by atoms with E-state index >= 15 is 0 Å². The molecule has 0 bridgehead atoms. The zero-order valence-electron chi connectivity index (χ0n) is 13.1. The Bertz CT molecular complexity index is 681. The Hall–Kier alpha value is -2.02. The first-order valence-corrected chi connectivity index (χ1v) is 7.33. The summed E-state index contributed by atoms with van der Waals surface area (Å²) in [5, 5.41) is 0. The van der Waals surface area contributed by atoms with E-state index in [1.165, 1.54) is 9.13 Å². The number of aliphatic imine (C=N–C) groups is 2. The Morgan fingerprint density at radius 1 is 1.18 bits per heavy atom. The van der Waals surface area contributed by atoms with Crippen molar-refractivity contribution >= 4 is 24.9 Å². The molecule has 1 aliphatic rings. The summed E-state index contributed by atoms with van der Waals surface area (Å²) in [5.41, 5.74) is -0.772.